The Morgan fingerprint density at radius 1 is 1.47 bits per heavy atom. The van der Waals surface area contributed by atoms with Gasteiger partial charge in [-0.25, -0.2) is 0 Å². The molecule has 2 rings (SSSR count). The monoisotopic (exact) mass is 204 g/mol. The molecule has 15 heavy (non-hydrogen) atoms. The zero-order valence-corrected chi connectivity index (χ0v) is 9.21. The molecule has 1 aromatic heterocycles. The Morgan fingerprint density at radius 3 is 3.00 bits per heavy atom. The summed E-state index contributed by atoms with van der Waals surface area (Å²) in [6, 6.07) is 2.05. The van der Waals surface area contributed by atoms with Crippen LogP contribution in [0.4, 0.5) is 5.69 Å². The smallest absolute Gasteiger partial charge is 0.226 e. The minimum absolute atomic E-state index is 0.0123. The Hall–Kier alpha value is -1.38. The zero-order chi connectivity index (χ0) is 10.8. The second-order valence-corrected chi connectivity index (χ2v) is 4.33. The summed E-state index contributed by atoms with van der Waals surface area (Å²) < 4.78 is 0. The van der Waals surface area contributed by atoms with E-state index in [1.807, 2.05) is 13.8 Å². The Morgan fingerprint density at radius 2 is 2.27 bits per heavy atom. The normalized spacial score (nSPS) is 14.1. The minimum atomic E-state index is 0.0123. The van der Waals surface area contributed by atoms with Crippen molar-refractivity contribution in [2.45, 2.75) is 33.1 Å². The van der Waals surface area contributed by atoms with Gasteiger partial charge in [-0.05, 0) is 30.9 Å². The van der Waals surface area contributed by atoms with Gasteiger partial charge in [-0.1, -0.05) is 13.8 Å². The predicted octanol–water partition coefficient (Wildman–Crippen LogP) is 2.16. The van der Waals surface area contributed by atoms with Crippen molar-refractivity contribution in [3.05, 3.63) is 23.5 Å². The van der Waals surface area contributed by atoms with E-state index in [0.717, 1.165) is 18.5 Å². The van der Waals surface area contributed by atoms with E-state index in [1.165, 1.54) is 17.7 Å². The largest absolute Gasteiger partial charge is 0.324 e. The van der Waals surface area contributed by atoms with Crippen molar-refractivity contribution in [3.8, 4) is 0 Å². The van der Waals surface area contributed by atoms with Gasteiger partial charge in [0.05, 0.1) is 11.9 Å². The number of nitrogens with zero attached hydrogens (tertiary/aromatic N) is 1. The maximum atomic E-state index is 11.5. The van der Waals surface area contributed by atoms with Crippen LogP contribution in [0.2, 0.25) is 0 Å². The topological polar surface area (TPSA) is 42.0 Å². The molecule has 1 aliphatic rings. The fourth-order valence-corrected chi connectivity index (χ4v) is 1.78. The Bertz CT molecular complexity index is 385. The number of rotatable bonds is 2. The molecule has 0 fully saturated rings. The quantitative estimate of drug-likeness (QED) is 0.802. The zero-order valence-electron chi connectivity index (χ0n) is 9.21. The van der Waals surface area contributed by atoms with Gasteiger partial charge in [-0.15, -0.1) is 0 Å². The third-order valence-electron chi connectivity index (χ3n) is 2.71. The van der Waals surface area contributed by atoms with Crippen LogP contribution in [0.15, 0.2) is 12.3 Å². The van der Waals surface area contributed by atoms with Crippen LogP contribution in [0.1, 0.15) is 31.5 Å². The summed E-state index contributed by atoms with van der Waals surface area (Å²) in [4.78, 5) is 15.8. The molecule has 0 aromatic carbocycles. The molecule has 0 saturated carbocycles. The molecule has 1 aliphatic carbocycles. The van der Waals surface area contributed by atoms with Crippen molar-refractivity contribution in [2.24, 2.45) is 5.92 Å². The third kappa shape index (κ3) is 2.17. The summed E-state index contributed by atoms with van der Waals surface area (Å²) in [5.41, 5.74) is 3.31. The summed E-state index contributed by atoms with van der Waals surface area (Å²) in [6.45, 7) is 3.77. The number of anilines is 1. The van der Waals surface area contributed by atoms with Gasteiger partial charge >= 0.3 is 0 Å². The first-order chi connectivity index (χ1) is 7.16. The summed E-state index contributed by atoms with van der Waals surface area (Å²) in [7, 11) is 0. The molecule has 0 unspecified atom stereocenters. The molecule has 0 saturated heterocycles. The molecule has 0 atom stereocenters. The Kier molecular flexibility index (Phi) is 2.71. The van der Waals surface area contributed by atoms with Crippen LogP contribution in [-0.2, 0) is 17.6 Å². The highest BCUT2D eigenvalue weighted by molar-refractivity contribution is 5.91. The molecule has 3 heteroatoms. The highest BCUT2D eigenvalue weighted by atomic mass is 16.1. The molecule has 3 nitrogen and oxygen atoms in total. The number of carbonyl (C=O) groups is 1. The van der Waals surface area contributed by atoms with Gasteiger partial charge in [0.2, 0.25) is 5.91 Å². The summed E-state index contributed by atoms with van der Waals surface area (Å²) in [5.74, 6) is 0.0630. The van der Waals surface area contributed by atoms with Gasteiger partial charge in [0, 0.05) is 11.6 Å². The van der Waals surface area contributed by atoms with E-state index < -0.39 is 0 Å². The van der Waals surface area contributed by atoms with E-state index in [0.29, 0.717) is 0 Å². The number of nitrogens with one attached hydrogen (secondary N) is 1. The number of hydrogen-bond donors (Lipinski definition) is 1. The van der Waals surface area contributed by atoms with Crippen molar-refractivity contribution in [2.75, 3.05) is 5.32 Å². The molecule has 1 amide bonds. The minimum Gasteiger partial charge on any atom is -0.324 e. The second-order valence-electron chi connectivity index (χ2n) is 4.33. The maximum Gasteiger partial charge on any atom is 0.226 e. The SMILES string of the molecule is CC(C)C(=O)Nc1cnc2c(c1)CCC2. The van der Waals surface area contributed by atoms with Crippen LogP contribution in [0.3, 0.4) is 0 Å². The molecular formula is C12H16N2O. The van der Waals surface area contributed by atoms with Gasteiger partial charge in [0.1, 0.15) is 0 Å². The van der Waals surface area contributed by atoms with Crippen LogP contribution < -0.4 is 5.32 Å². The average molecular weight is 204 g/mol. The number of aryl methyl sites for hydroxylation is 2. The molecule has 1 aromatic rings. The molecule has 1 N–H and O–H groups in total. The van der Waals surface area contributed by atoms with Crippen LogP contribution in [0.25, 0.3) is 0 Å². The fraction of sp³-hybridized carbons (Fsp3) is 0.500. The molecule has 0 spiro atoms. The first-order valence-electron chi connectivity index (χ1n) is 5.45. The number of hydrogen-bond acceptors (Lipinski definition) is 2. The summed E-state index contributed by atoms with van der Waals surface area (Å²) >= 11 is 0. The lowest BCUT2D eigenvalue weighted by atomic mass is 10.2. The van der Waals surface area contributed by atoms with Crippen molar-refractivity contribution in [1.82, 2.24) is 4.98 Å². The third-order valence-corrected chi connectivity index (χ3v) is 2.71. The van der Waals surface area contributed by atoms with E-state index in [-0.39, 0.29) is 11.8 Å². The van der Waals surface area contributed by atoms with Gasteiger partial charge in [-0.2, -0.15) is 0 Å². The molecule has 1 heterocycles. The van der Waals surface area contributed by atoms with E-state index in [1.54, 1.807) is 6.20 Å². The molecule has 0 aliphatic heterocycles. The lowest BCUT2D eigenvalue weighted by Gasteiger charge is -2.08. The first kappa shape index (κ1) is 10.1. The number of pyridine rings is 1. The van der Waals surface area contributed by atoms with E-state index in [4.69, 9.17) is 0 Å². The highest BCUT2D eigenvalue weighted by Crippen LogP contribution is 2.22. The summed E-state index contributed by atoms with van der Waals surface area (Å²) in [6.07, 6.45) is 5.11. The number of aromatic nitrogens is 1. The highest BCUT2D eigenvalue weighted by Gasteiger charge is 2.13. The van der Waals surface area contributed by atoms with Crippen LogP contribution >= 0.6 is 0 Å². The standard InChI is InChI=1S/C12H16N2O/c1-8(2)12(15)14-10-6-9-4-3-5-11(9)13-7-10/h6-8H,3-5H2,1-2H3,(H,14,15). The fourth-order valence-electron chi connectivity index (χ4n) is 1.78. The average Bonchev–Trinajstić information content (AvgIpc) is 2.64. The molecule has 0 bridgehead atoms. The van der Waals surface area contributed by atoms with Crippen molar-refractivity contribution >= 4 is 11.6 Å². The molecule has 80 valence electrons. The number of fused-ring (bicyclic) bond motifs is 1. The van der Waals surface area contributed by atoms with Gasteiger partial charge < -0.3 is 5.32 Å². The number of amides is 1. The van der Waals surface area contributed by atoms with Crippen LogP contribution in [0, 0.1) is 5.92 Å². The lowest BCUT2D eigenvalue weighted by molar-refractivity contribution is -0.118. The van der Waals surface area contributed by atoms with Crippen molar-refractivity contribution < 1.29 is 4.79 Å². The lowest BCUT2D eigenvalue weighted by Crippen LogP contribution is -2.18. The van der Waals surface area contributed by atoms with Crippen LogP contribution in [-0.4, -0.2) is 10.9 Å². The predicted molar refractivity (Wildman–Crippen MR) is 59.7 cm³/mol. The van der Waals surface area contributed by atoms with E-state index in [9.17, 15) is 4.79 Å². The Labute approximate surface area is 89.9 Å². The number of carbonyl (C=O) groups excluding carboxylic acids is 1. The second kappa shape index (κ2) is 4.01. The van der Waals surface area contributed by atoms with E-state index >= 15 is 0 Å². The van der Waals surface area contributed by atoms with Crippen molar-refractivity contribution in [3.63, 3.8) is 0 Å². The van der Waals surface area contributed by atoms with E-state index in [2.05, 4.69) is 16.4 Å². The Balaban J connectivity index is 2.13. The molecule has 0 radical (unpaired) electrons. The van der Waals surface area contributed by atoms with Gasteiger partial charge in [0.25, 0.3) is 0 Å². The molecular weight excluding hydrogens is 188 g/mol. The van der Waals surface area contributed by atoms with Crippen molar-refractivity contribution in [1.29, 1.82) is 0 Å². The first-order valence-corrected chi connectivity index (χ1v) is 5.45. The van der Waals surface area contributed by atoms with Gasteiger partial charge in [-0.3, -0.25) is 9.78 Å². The maximum absolute atomic E-state index is 11.5. The van der Waals surface area contributed by atoms with Crippen LogP contribution in [0.5, 0.6) is 0 Å². The summed E-state index contributed by atoms with van der Waals surface area (Å²) in [5, 5.41) is 2.87. The van der Waals surface area contributed by atoms with Gasteiger partial charge in [0.15, 0.2) is 0 Å².